The summed E-state index contributed by atoms with van der Waals surface area (Å²) in [6.45, 7) is 9.08. The minimum Gasteiger partial charge on any atom is -0.370 e. The van der Waals surface area contributed by atoms with Crippen molar-refractivity contribution in [1.29, 1.82) is 0 Å². The first-order valence-corrected chi connectivity index (χ1v) is 8.32. The smallest absolute Gasteiger partial charge is 0.176 e. The minimum atomic E-state index is 0.809. The molecule has 0 amide bonds. The van der Waals surface area contributed by atoms with Crippen molar-refractivity contribution in [2.75, 3.05) is 11.9 Å². The number of anilines is 1. The maximum absolute atomic E-state index is 4.61. The Morgan fingerprint density at radius 1 is 1.15 bits per heavy atom. The Morgan fingerprint density at radius 3 is 2.55 bits per heavy atom. The van der Waals surface area contributed by atoms with E-state index in [-0.39, 0.29) is 0 Å². The monoisotopic (exact) mass is 309 g/mol. The third kappa shape index (κ3) is 3.67. The molecule has 0 bridgehead atoms. The zero-order chi connectivity index (χ0) is 14.5. The zero-order valence-corrected chi connectivity index (χ0v) is 13.9. The Kier molecular flexibility index (Phi) is 5.31. The van der Waals surface area contributed by atoms with Crippen LogP contribution in [0.1, 0.15) is 37.5 Å². The largest absolute Gasteiger partial charge is 0.370 e. The maximum atomic E-state index is 4.61. The molecule has 0 aromatic carbocycles. The number of nitrogens with one attached hydrogen (secondary N) is 1. The second-order valence-corrected chi connectivity index (χ2v) is 6.40. The van der Waals surface area contributed by atoms with Crippen LogP contribution in [0.3, 0.4) is 0 Å². The highest BCUT2D eigenvalue weighted by Gasteiger charge is 2.13. The van der Waals surface area contributed by atoms with Crippen LogP contribution in [0.4, 0.5) is 5.82 Å². The second kappa shape index (κ2) is 6.99. The molecule has 108 valence electrons. The summed E-state index contributed by atoms with van der Waals surface area (Å²) in [5.41, 5.74) is 1.08. The van der Waals surface area contributed by atoms with E-state index in [1.54, 1.807) is 11.8 Å². The maximum Gasteiger partial charge on any atom is 0.176 e. The van der Waals surface area contributed by atoms with Crippen molar-refractivity contribution in [2.24, 2.45) is 0 Å². The Labute approximate surface area is 127 Å². The van der Waals surface area contributed by atoms with Crippen LogP contribution in [0.2, 0.25) is 0 Å². The predicted octanol–water partition coefficient (Wildman–Crippen LogP) is 3.48. The van der Waals surface area contributed by atoms with Gasteiger partial charge < -0.3 is 5.32 Å². The summed E-state index contributed by atoms with van der Waals surface area (Å²) in [4.78, 5) is 13.6. The summed E-state index contributed by atoms with van der Waals surface area (Å²) in [5.74, 6) is 2.60. The van der Waals surface area contributed by atoms with Crippen molar-refractivity contribution < 1.29 is 0 Å². The topological polar surface area (TPSA) is 63.6 Å². The molecule has 5 nitrogen and oxygen atoms in total. The van der Waals surface area contributed by atoms with E-state index < -0.39 is 0 Å². The van der Waals surface area contributed by atoms with Gasteiger partial charge in [-0.15, -0.1) is 0 Å². The van der Waals surface area contributed by atoms with Gasteiger partial charge in [0.1, 0.15) is 22.5 Å². The lowest BCUT2D eigenvalue weighted by Crippen LogP contribution is -2.08. The third-order valence-corrected chi connectivity index (χ3v) is 4.63. The highest BCUT2D eigenvalue weighted by molar-refractivity contribution is 8.00. The average molecular weight is 309 g/mol. The summed E-state index contributed by atoms with van der Waals surface area (Å²) < 4.78 is 5.13. The molecule has 2 rings (SSSR count). The molecule has 0 aliphatic carbocycles. The first-order chi connectivity index (χ1) is 9.63. The highest BCUT2D eigenvalue weighted by atomic mass is 32.2. The number of nitrogens with zero attached hydrogens (tertiary/aromatic N) is 4. The van der Waals surface area contributed by atoms with Crippen molar-refractivity contribution in [3.8, 4) is 0 Å². The molecule has 2 aromatic rings. The second-order valence-electron chi connectivity index (χ2n) is 4.41. The van der Waals surface area contributed by atoms with Gasteiger partial charge in [-0.1, -0.05) is 13.8 Å². The number of hydrogen-bond acceptors (Lipinski definition) is 7. The number of aromatic nitrogens is 4. The predicted molar refractivity (Wildman–Crippen MR) is 83.7 cm³/mol. The van der Waals surface area contributed by atoms with E-state index in [0.717, 1.165) is 51.8 Å². The number of rotatable bonds is 6. The molecule has 2 aromatic heterocycles. The van der Waals surface area contributed by atoms with Crippen LogP contribution in [0.25, 0.3) is 0 Å². The van der Waals surface area contributed by atoms with Crippen LogP contribution < -0.4 is 5.32 Å². The van der Waals surface area contributed by atoms with Crippen LogP contribution in [0.15, 0.2) is 9.37 Å². The first-order valence-electron chi connectivity index (χ1n) is 6.73. The molecule has 0 saturated heterocycles. The van der Waals surface area contributed by atoms with Gasteiger partial charge in [0.15, 0.2) is 4.34 Å². The van der Waals surface area contributed by atoms with E-state index in [4.69, 9.17) is 0 Å². The zero-order valence-electron chi connectivity index (χ0n) is 12.2. The molecule has 20 heavy (non-hydrogen) atoms. The first kappa shape index (κ1) is 15.2. The van der Waals surface area contributed by atoms with Gasteiger partial charge in [-0.3, -0.25) is 0 Å². The molecule has 7 heteroatoms. The van der Waals surface area contributed by atoms with E-state index in [9.17, 15) is 0 Å². The van der Waals surface area contributed by atoms with Gasteiger partial charge in [0.2, 0.25) is 0 Å². The van der Waals surface area contributed by atoms with Gasteiger partial charge in [0.05, 0.1) is 0 Å². The van der Waals surface area contributed by atoms with Gasteiger partial charge in [0, 0.05) is 18.5 Å². The SMILES string of the molecule is CCCNc1nc(CC)nc(Sc2nc(C)ns2)c1C. The molecular weight excluding hydrogens is 290 g/mol. The minimum absolute atomic E-state index is 0.809. The summed E-state index contributed by atoms with van der Waals surface area (Å²) in [7, 11) is 0. The normalized spacial score (nSPS) is 10.8. The van der Waals surface area contributed by atoms with E-state index in [1.807, 2.05) is 13.8 Å². The van der Waals surface area contributed by atoms with Gasteiger partial charge in [-0.05, 0) is 43.6 Å². The molecule has 0 unspecified atom stereocenters. The quantitative estimate of drug-likeness (QED) is 0.824. The van der Waals surface area contributed by atoms with Crippen LogP contribution >= 0.6 is 23.3 Å². The van der Waals surface area contributed by atoms with Crippen LogP contribution in [-0.2, 0) is 6.42 Å². The fourth-order valence-corrected chi connectivity index (χ4v) is 3.28. The summed E-state index contributed by atoms with van der Waals surface area (Å²) >= 11 is 2.98. The lowest BCUT2D eigenvalue weighted by Gasteiger charge is -2.12. The van der Waals surface area contributed by atoms with E-state index >= 15 is 0 Å². The number of aryl methyl sites for hydroxylation is 2. The van der Waals surface area contributed by atoms with Crippen molar-refractivity contribution in [2.45, 2.75) is 49.9 Å². The van der Waals surface area contributed by atoms with Gasteiger partial charge in [0.25, 0.3) is 0 Å². The van der Waals surface area contributed by atoms with Crippen LogP contribution in [0.5, 0.6) is 0 Å². The summed E-state index contributed by atoms with van der Waals surface area (Å²) in [6, 6.07) is 0. The lowest BCUT2D eigenvalue weighted by atomic mass is 10.3. The average Bonchev–Trinajstić information content (AvgIpc) is 2.85. The molecule has 0 saturated carbocycles. The summed E-state index contributed by atoms with van der Waals surface area (Å²) in [5, 5.41) is 4.34. The van der Waals surface area contributed by atoms with Gasteiger partial charge in [-0.25, -0.2) is 15.0 Å². The molecule has 0 spiro atoms. The van der Waals surface area contributed by atoms with Crippen molar-refractivity contribution >= 4 is 29.1 Å². The molecule has 0 aliphatic rings. The van der Waals surface area contributed by atoms with Gasteiger partial charge >= 0.3 is 0 Å². The molecular formula is C13H19N5S2. The lowest BCUT2D eigenvalue weighted by molar-refractivity contribution is 0.861. The highest BCUT2D eigenvalue weighted by Crippen LogP contribution is 2.32. The Balaban J connectivity index is 2.30. The van der Waals surface area contributed by atoms with E-state index in [2.05, 4.69) is 38.5 Å². The summed E-state index contributed by atoms with van der Waals surface area (Å²) in [6.07, 6.45) is 1.90. The number of hydrogen-bond donors (Lipinski definition) is 1. The molecule has 0 radical (unpaired) electrons. The fraction of sp³-hybridized carbons (Fsp3) is 0.538. The van der Waals surface area contributed by atoms with Crippen LogP contribution in [-0.4, -0.2) is 25.9 Å². The Hall–Kier alpha value is -1.21. The molecule has 0 aliphatic heterocycles. The van der Waals surface area contributed by atoms with Crippen molar-refractivity contribution in [3.63, 3.8) is 0 Å². The Morgan fingerprint density at radius 2 is 1.95 bits per heavy atom. The van der Waals surface area contributed by atoms with Crippen molar-refractivity contribution in [3.05, 3.63) is 17.2 Å². The Bertz CT molecular complexity index is 582. The van der Waals surface area contributed by atoms with E-state index in [0.29, 0.717) is 0 Å². The van der Waals surface area contributed by atoms with Crippen molar-refractivity contribution in [1.82, 2.24) is 19.3 Å². The molecule has 2 heterocycles. The fourth-order valence-electron chi connectivity index (χ4n) is 1.62. The standard InChI is InChI=1S/C13H19N5S2/c1-5-7-14-11-8(3)12(17-10(6-2)16-11)19-13-15-9(4)18-20-13/h5-7H2,1-4H3,(H,14,16,17). The molecule has 0 fully saturated rings. The van der Waals surface area contributed by atoms with Crippen LogP contribution in [0, 0.1) is 13.8 Å². The van der Waals surface area contributed by atoms with E-state index in [1.165, 1.54) is 11.5 Å². The molecule has 1 N–H and O–H groups in total. The third-order valence-electron chi connectivity index (χ3n) is 2.70. The van der Waals surface area contributed by atoms with Gasteiger partial charge in [-0.2, -0.15) is 4.37 Å². The molecule has 0 atom stereocenters.